The summed E-state index contributed by atoms with van der Waals surface area (Å²) in [4.78, 5) is 14.8. The Morgan fingerprint density at radius 3 is 2.93 bits per heavy atom. The summed E-state index contributed by atoms with van der Waals surface area (Å²) in [6.07, 6.45) is 3.16. The average Bonchev–Trinajstić information content (AvgIpc) is 2.16. The van der Waals surface area contributed by atoms with Crippen LogP contribution in [0, 0.1) is 0 Å². The Labute approximate surface area is 80.0 Å². The molecule has 70 valence electrons. The highest BCUT2D eigenvalue weighted by Crippen LogP contribution is 2.21. The molecular formula is C10H8N2O2. The van der Waals surface area contributed by atoms with Crippen LogP contribution in [0.5, 0.6) is 0 Å². The van der Waals surface area contributed by atoms with Gasteiger partial charge in [0.15, 0.2) is 0 Å². The van der Waals surface area contributed by atoms with Gasteiger partial charge in [-0.15, -0.1) is 0 Å². The highest BCUT2D eigenvalue weighted by Gasteiger charge is 2.08. The Morgan fingerprint density at radius 2 is 2.21 bits per heavy atom. The maximum absolute atomic E-state index is 10.9. The van der Waals surface area contributed by atoms with Crippen LogP contribution in [0.15, 0.2) is 30.6 Å². The maximum atomic E-state index is 10.9. The Bertz CT molecular complexity index is 508. The van der Waals surface area contributed by atoms with E-state index >= 15 is 0 Å². The Morgan fingerprint density at radius 1 is 1.43 bits per heavy atom. The van der Waals surface area contributed by atoms with E-state index in [9.17, 15) is 4.79 Å². The summed E-state index contributed by atoms with van der Waals surface area (Å²) >= 11 is 0. The molecule has 0 saturated carbocycles. The van der Waals surface area contributed by atoms with Crippen LogP contribution in [0.2, 0.25) is 0 Å². The number of carboxylic acids is 1. The largest absolute Gasteiger partial charge is 0.478 e. The summed E-state index contributed by atoms with van der Waals surface area (Å²) in [7, 11) is 0. The van der Waals surface area contributed by atoms with Gasteiger partial charge in [-0.05, 0) is 23.6 Å². The number of aromatic nitrogens is 1. The first-order valence-electron chi connectivity index (χ1n) is 4.05. The number of aromatic carboxylic acids is 1. The van der Waals surface area contributed by atoms with E-state index in [-0.39, 0.29) is 5.56 Å². The highest BCUT2D eigenvalue weighted by molar-refractivity contribution is 6.04. The SMILES string of the molecule is Nc1cc(C(=O)O)c2ccncc2c1. The molecule has 0 aliphatic rings. The molecule has 0 radical (unpaired) electrons. The second-order valence-corrected chi connectivity index (χ2v) is 2.97. The fourth-order valence-corrected chi connectivity index (χ4v) is 1.41. The molecule has 0 saturated heterocycles. The van der Waals surface area contributed by atoms with E-state index in [1.165, 1.54) is 6.07 Å². The van der Waals surface area contributed by atoms with E-state index in [1.54, 1.807) is 24.5 Å². The van der Waals surface area contributed by atoms with Gasteiger partial charge in [0.2, 0.25) is 0 Å². The van der Waals surface area contributed by atoms with Crippen molar-refractivity contribution in [2.75, 3.05) is 5.73 Å². The third kappa shape index (κ3) is 1.26. The van der Waals surface area contributed by atoms with Crippen molar-refractivity contribution in [3.8, 4) is 0 Å². The lowest BCUT2D eigenvalue weighted by atomic mass is 10.1. The first kappa shape index (κ1) is 8.50. The zero-order valence-electron chi connectivity index (χ0n) is 7.27. The van der Waals surface area contributed by atoms with E-state index in [0.29, 0.717) is 11.1 Å². The molecule has 1 heterocycles. The second kappa shape index (κ2) is 2.99. The average molecular weight is 188 g/mol. The van der Waals surface area contributed by atoms with E-state index in [4.69, 9.17) is 10.8 Å². The molecule has 14 heavy (non-hydrogen) atoms. The van der Waals surface area contributed by atoms with E-state index in [2.05, 4.69) is 4.98 Å². The molecule has 2 rings (SSSR count). The van der Waals surface area contributed by atoms with Crippen LogP contribution in [0.25, 0.3) is 10.8 Å². The Hall–Kier alpha value is -2.10. The van der Waals surface area contributed by atoms with Gasteiger partial charge in [0.05, 0.1) is 5.56 Å². The van der Waals surface area contributed by atoms with Crippen LogP contribution in [-0.4, -0.2) is 16.1 Å². The molecule has 4 heteroatoms. The fraction of sp³-hybridized carbons (Fsp3) is 0. The summed E-state index contributed by atoms with van der Waals surface area (Å²) < 4.78 is 0. The molecule has 0 fully saturated rings. The summed E-state index contributed by atoms with van der Waals surface area (Å²) in [5.41, 5.74) is 6.22. The quantitative estimate of drug-likeness (QED) is 0.665. The number of nitrogens with two attached hydrogens (primary N) is 1. The summed E-state index contributed by atoms with van der Waals surface area (Å²) in [6, 6.07) is 4.82. The number of nitrogens with zero attached hydrogens (tertiary/aromatic N) is 1. The van der Waals surface area contributed by atoms with Gasteiger partial charge in [0.25, 0.3) is 0 Å². The first-order chi connectivity index (χ1) is 6.68. The Kier molecular flexibility index (Phi) is 1.81. The van der Waals surface area contributed by atoms with Crippen molar-refractivity contribution in [2.45, 2.75) is 0 Å². The molecule has 0 bridgehead atoms. The predicted octanol–water partition coefficient (Wildman–Crippen LogP) is 1.52. The van der Waals surface area contributed by atoms with Crippen molar-refractivity contribution in [1.29, 1.82) is 0 Å². The summed E-state index contributed by atoms with van der Waals surface area (Å²) in [5.74, 6) is -0.978. The number of nitrogen functional groups attached to an aromatic ring is 1. The predicted molar refractivity (Wildman–Crippen MR) is 53.1 cm³/mol. The normalized spacial score (nSPS) is 10.3. The number of carboxylic acid groups (broad SMARTS) is 1. The van der Waals surface area contributed by atoms with Crippen molar-refractivity contribution in [3.63, 3.8) is 0 Å². The van der Waals surface area contributed by atoms with Crippen LogP contribution in [0.3, 0.4) is 0 Å². The molecule has 0 atom stereocenters. The molecule has 1 aromatic carbocycles. The summed E-state index contributed by atoms with van der Waals surface area (Å²) in [5, 5.41) is 10.3. The second-order valence-electron chi connectivity index (χ2n) is 2.97. The molecule has 0 spiro atoms. The van der Waals surface area contributed by atoms with Crippen molar-refractivity contribution >= 4 is 22.4 Å². The smallest absolute Gasteiger partial charge is 0.336 e. The third-order valence-electron chi connectivity index (χ3n) is 2.01. The van der Waals surface area contributed by atoms with Crippen molar-refractivity contribution in [3.05, 3.63) is 36.2 Å². The number of benzene rings is 1. The van der Waals surface area contributed by atoms with Gasteiger partial charge in [-0.1, -0.05) is 0 Å². The van der Waals surface area contributed by atoms with Crippen LogP contribution in [0.1, 0.15) is 10.4 Å². The minimum atomic E-state index is -0.978. The zero-order chi connectivity index (χ0) is 10.1. The lowest BCUT2D eigenvalue weighted by Gasteiger charge is -2.03. The molecule has 0 aliphatic carbocycles. The van der Waals surface area contributed by atoms with Crippen LogP contribution >= 0.6 is 0 Å². The van der Waals surface area contributed by atoms with Gasteiger partial charge >= 0.3 is 5.97 Å². The van der Waals surface area contributed by atoms with Gasteiger partial charge < -0.3 is 10.8 Å². The molecule has 4 nitrogen and oxygen atoms in total. The number of rotatable bonds is 1. The standard InChI is InChI=1S/C10H8N2O2/c11-7-3-6-5-12-2-1-8(6)9(4-7)10(13)14/h1-5H,11H2,(H,13,14). The molecule has 0 amide bonds. The number of carbonyl (C=O) groups is 1. The molecule has 0 unspecified atom stereocenters. The van der Waals surface area contributed by atoms with Gasteiger partial charge in [0, 0.05) is 23.5 Å². The molecule has 2 aromatic rings. The van der Waals surface area contributed by atoms with Crippen molar-refractivity contribution in [2.24, 2.45) is 0 Å². The fourth-order valence-electron chi connectivity index (χ4n) is 1.41. The van der Waals surface area contributed by atoms with Crippen LogP contribution in [0.4, 0.5) is 5.69 Å². The van der Waals surface area contributed by atoms with E-state index < -0.39 is 5.97 Å². The van der Waals surface area contributed by atoms with Gasteiger partial charge in [-0.3, -0.25) is 4.98 Å². The number of hydrogen-bond acceptors (Lipinski definition) is 3. The molecule has 3 N–H and O–H groups in total. The molecular weight excluding hydrogens is 180 g/mol. The monoisotopic (exact) mass is 188 g/mol. The number of anilines is 1. The minimum absolute atomic E-state index is 0.211. The van der Waals surface area contributed by atoms with Crippen molar-refractivity contribution in [1.82, 2.24) is 4.98 Å². The number of pyridine rings is 1. The van der Waals surface area contributed by atoms with Gasteiger partial charge in [0.1, 0.15) is 0 Å². The maximum Gasteiger partial charge on any atom is 0.336 e. The first-order valence-corrected chi connectivity index (χ1v) is 4.05. The van der Waals surface area contributed by atoms with E-state index in [1.807, 2.05) is 0 Å². The Balaban J connectivity index is 2.87. The van der Waals surface area contributed by atoms with E-state index in [0.717, 1.165) is 5.39 Å². The lowest BCUT2D eigenvalue weighted by Crippen LogP contribution is -1.99. The highest BCUT2D eigenvalue weighted by atomic mass is 16.4. The number of fused-ring (bicyclic) bond motifs is 1. The van der Waals surface area contributed by atoms with Crippen LogP contribution < -0.4 is 5.73 Å². The van der Waals surface area contributed by atoms with Crippen LogP contribution in [-0.2, 0) is 0 Å². The topological polar surface area (TPSA) is 76.2 Å². The third-order valence-corrected chi connectivity index (χ3v) is 2.01. The summed E-state index contributed by atoms with van der Waals surface area (Å²) in [6.45, 7) is 0. The molecule has 0 aliphatic heterocycles. The lowest BCUT2D eigenvalue weighted by molar-refractivity contribution is 0.0699. The zero-order valence-corrected chi connectivity index (χ0v) is 7.27. The number of hydrogen-bond donors (Lipinski definition) is 2. The van der Waals surface area contributed by atoms with Gasteiger partial charge in [-0.25, -0.2) is 4.79 Å². The van der Waals surface area contributed by atoms with Gasteiger partial charge in [-0.2, -0.15) is 0 Å². The molecule has 1 aromatic heterocycles. The minimum Gasteiger partial charge on any atom is -0.478 e. The van der Waals surface area contributed by atoms with Crippen molar-refractivity contribution < 1.29 is 9.90 Å².